The monoisotopic (exact) mass is 356 g/mol. The van der Waals surface area contributed by atoms with Gasteiger partial charge in [-0.2, -0.15) is 0 Å². The first-order chi connectivity index (χ1) is 12.6. The van der Waals surface area contributed by atoms with Crippen molar-refractivity contribution in [3.8, 4) is 40.1 Å². The van der Waals surface area contributed by atoms with E-state index in [2.05, 4.69) is 0 Å². The maximum Gasteiger partial charge on any atom is 0.231 e. The van der Waals surface area contributed by atoms with Gasteiger partial charge in [0.05, 0.1) is 21.3 Å². The zero-order valence-electron chi connectivity index (χ0n) is 14.5. The van der Waals surface area contributed by atoms with Crippen molar-refractivity contribution >= 4 is 11.0 Å². The average Bonchev–Trinajstić information content (AvgIpc) is 3.14. The summed E-state index contributed by atoms with van der Waals surface area (Å²) in [7, 11) is 4.56. The van der Waals surface area contributed by atoms with Crippen LogP contribution in [0.5, 0.6) is 28.7 Å². The van der Waals surface area contributed by atoms with Gasteiger partial charge >= 0.3 is 0 Å². The summed E-state index contributed by atoms with van der Waals surface area (Å²) in [6.45, 7) is 0.116. The fraction of sp³-hybridized carbons (Fsp3) is 0.211. The third-order valence-corrected chi connectivity index (χ3v) is 4.17. The Morgan fingerprint density at radius 3 is 2.42 bits per heavy atom. The molecule has 0 radical (unpaired) electrons. The summed E-state index contributed by atoms with van der Waals surface area (Å²) >= 11 is 0. The average molecular weight is 356 g/mol. The summed E-state index contributed by atoms with van der Waals surface area (Å²) in [6.07, 6.45) is 0. The standard InChI is InChI=1S/C19H16O7/c1-21-11-6-14(22-2)18-12(20)8-13(26-15(18)7-11)10-4-16(23-3)19-17(5-10)24-9-25-19/h4-8H,9H2,1-3H3. The van der Waals surface area contributed by atoms with Crippen LogP contribution in [0.2, 0.25) is 0 Å². The van der Waals surface area contributed by atoms with E-state index in [9.17, 15) is 4.79 Å². The summed E-state index contributed by atoms with van der Waals surface area (Å²) in [5, 5.41) is 0.352. The Kier molecular flexibility index (Phi) is 3.84. The minimum Gasteiger partial charge on any atom is -0.496 e. The number of ether oxygens (including phenoxy) is 5. The van der Waals surface area contributed by atoms with E-state index in [1.165, 1.54) is 27.4 Å². The van der Waals surface area contributed by atoms with E-state index >= 15 is 0 Å². The smallest absolute Gasteiger partial charge is 0.231 e. The molecule has 0 N–H and O–H groups in total. The van der Waals surface area contributed by atoms with Gasteiger partial charge in [0.1, 0.15) is 28.2 Å². The van der Waals surface area contributed by atoms with Crippen molar-refractivity contribution in [3.63, 3.8) is 0 Å². The first-order valence-electron chi connectivity index (χ1n) is 7.82. The van der Waals surface area contributed by atoms with E-state index in [-0.39, 0.29) is 12.2 Å². The summed E-state index contributed by atoms with van der Waals surface area (Å²) in [5.41, 5.74) is 0.768. The van der Waals surface area contributed by atoms with Gasteiger partial charge in [0.15, 0.2) is 16.9 Å². The molecule has 26 heavy (non-hydrogen) atoms. The number of methoxy groups -OCH3 is 3. The van der Waals surface area contributed by atoms with Gasteiger partial charge in [-0.15, -0.1) is 0 Å². The molecular formula is C19H16O7. The van der Waals surface area contributed by atoms with E-state index in [0.717, 1.165) is 0 Å². The molecule has 0 amide bonds. The lowest BCUT2D eigenvalue weighted by Gasteiger charge is -2.10. The Balaban J connectivity index is 1.95. The highest BCUT2D eigenvalue weighted by atomic mass is 16.7. The molecule has 134 valence electrons. The molecule has 0 bridgehead atoms. The Morgan fingerprint density at radius 2 is 1.69 bits per heavy atom. The predicted molar refractivity (Wildman–Crippen MR) is 93.7 cm³/mol. The lowest BCUT2D eigenvalue weighted by atomic mass is 10.1. The Labute approximate surface area is 148 Å². The number of hydrogen-bond acceptors (Lipinski definition) is 7. The molecule has 0 spiro atoms. The first kappa shape index (κ1) is 16.1. The van der Waals surface area contributed by atoms with Crippen LogP contribution >= 0.6 is 0 Å². The highest BCUT2D eigenvalue weighted by Gasteiger charge is 2.22. The SMILES string of the molecule is COc1cc(OC)c2c(=O)cc(-c3cc(OC)c4c(c3)OCO4)oc2c1. The van der Waals surface area contributed by atoms with Gasteiger partial charge in [-0.3, -0.25) is 4.79 Å². The van der Waals surface area contributed by atoms with Gasteiger partial charge in [-0.1, -0.05) is 0 Å². The normalized spacial score (nSPS) is 12.3. The van der Waals surface area contributed by atoms with Crippen molar-refractivity contribution in [2.45, 2.75) is 0 Å². The van der Waals surface area contributed by atoms with E-state index in [1.807, 2.05) is 0 Å². The molecule has 1 aliphatic rings. The molecule has 7 nitrogen and oxygen atoms in total. The van der Waals surface area contributed by atoms with Crippen LogP contribution in [-0.2, 0) is 0 Å². The third-order valence-electron chi connectivity index (χ3n) is 4.17. The topological polar surface area (TPSA) is 76.4 Å². The van der Waals surface area contributed by atoms with Crippen LogP contribution in [0.1, 0.15) is 0 Å². The molecule has 0 unspecified atom stereocenters. The van der Waals surface area contributed by atoms with E-state index in [4.69, 9.17) is 28.1 Å². The molecule has 4 rings (SSSR count). The lowest BCUT2D eigenvalue weighted by Crippen LogP contribution is -2.03. The molecule has 3 aromatic rings. The zero-order valence-corrected chi connectivity index (χ0v) is 14.5. The lowest BCUT2D eigenvalue weighted by molar-refractivity contribution is 0.171. The minimum atomic E-state index is -0.225. The van der Waals surface area contributed by atoms with Gasteiger partial charge in [0, 0.05) is 23.8 Å². The van der Waals surface area contributed by atoms with Crippen LogP contribution in [-0.4, -0.2) is 28.1 Å². The molecule has 0 atom stereocenters. The molecule has 0 saturated carbocycles. The molecule has 1 aromatic heterocycles. The first-order valence-corrected chi connectivity index (χ1v) is 7.82. The zero-order chi connectivity index (χ0) is 18.3. The highest BCUT2D eigenvalue weighted by Crippen LogP contribution is 2.44. The summed E-state index contributed by atoms with van der Waals surface area (Å²) < 4.78 is 32.7. The second kappa shape index (κ2) is 6.18. The molecule has 0 fully saturated rings. The maximum absolute atomic E-state index is 12.7. The van der Waals surface area contributed by atoms with Gasteiger partial charge < -0.3 is 28.1 Å². The maximum atomic E-state index is 12.7. The van der Waals surface area contributed by atoms with E-state index in [0.29, 0.717) is 51.0 Å². The van der Waals surface area contributed by atoms with Crippen molar-refractivity contribution < 1.29 is 28.1 Å². The molecule has 1 aliphatic heterocycles. The van der Waals surface area contributed by atoms with Crippen LogP contribution in [0, 0.1) is 0 Å². The molecule has 0 aliphatic carbocycles. The van der Waals surface area contributed by atoms with Crippen molar-refractivity contribution in [1.82, 2.24) is 0 Å². The number of rotatable bonds is 4. The van der Waals surface area contributed by atoms with Crippen LogP contribution in [0.15, 0.2) is 39.5 Å². The van der Waals surface area contributed by atoms with Gasteiger partial charge in [-0.25, -0.2) is 0 Å². The van der Waals surface area contributed by atoms with Gasteiger partial charge in [0.25, 0.3) is 0 Å². The second-order valence-corrected chi connectivity index (χ2v) is 5.59. The Hall–Kier alpha value is -3.35. The van der Waals surface area contributed by atoms with Crippen LogP contribution in [0.4, 0.5) is 0 Å². The van der Waals surface area contributed by atoms with Crippen molar-refractivity contribution in [1.29, 1.82) is 0 Å². The minimum absolute atomic E-state index is 0.116. The van der Waals surface area contributed by atoms with E-state index < -0.39 is 0 Å². The molecule has 0 saturated heterocycles. The summed E-state index contributed by atoms with van der Waals surface area (Å²) in [5.74, 6) is 2.85. The largest absolute Gasteiger partial charge is 0.496 e. The van der Waals surface area contributed by atoms with Crippen molar-refractivity contribution in [2.75, 3.05) is 28.1 Å². The van der Waals surface area contributed by atoms with Crippen molar-refractivity contribution in [2.24, 2.45) is 0 Å². The third kappa shape index (κ3) is 2.48. The fourth-order valence-electron chi connectivity index (χ4n) is 2.92. The molecular weight excluding hydrogens is 340 g/mol. The van der Waals surface area contributed by atoms with Crippen LogP contribution in [0.3, 0.4) is 0 Å². The molecule has 7 heteroatoms. The number of benzene rings is 2. The highest BCUT2D eigenvalue weighted by molar-refractivity contribution is 5.86. The van der Waals surface area contributed by atoms with Crippen LogP contribution < -0.4 is 29.1 Å². The number of fused-ring (bicyclic) bond motifs is 2. The van der Waals surface area contributed by atoms with E-state index in [1.54, 1.807) is 24.3 Å². The quantitative estimate of drug-likeness (QED) is 0.710. The number of hydrogen-bond donors (Lipinski definition) is 0. The molecule has 2 heterocycles. The molecule has 2 aromatic carbocycles. The van der Waals surface area contributed by atoms with Crippen LogP contribution in [0.25, 0.3) is 22.3 Å². The van der Waals surface area contributed by atoms with Gasteiger partial charge in [0.2, 0.25) is 12.5 Å². The van der Waals surface area contributed by atoms with Crippen molar-refractivity contribution in [3.05, 3.63) is 40.6 Å². The fourth-order valence-corrected chi connectivity index (χ4v) is 2.92. The summed E-state index contributed by atoms with van der Waals surface area (Å²) in [4.78, 5) is 12.7. The Bertz CT molecular complexity index is 1050. The summed E-state index contributed by atoms with van der Waals surface area (Å²) in [6, 6.07) is 8.17. The Morgan fingerprint density at radius 1 is 0.885 bits per heavy atom. The van der Waals surface area contributed by atoms with Gasteiger partial charge in [-0.05, 0) is 12.1 Å². The predicted octanol–water partition coefficient (Wildman–Crippen LogP) is 3.21. The second-order valence-electron chi connectivity index (χ2n) is 5.59.